The molecule has 0 saturated carbocycles. The number of likely N-dealkylation sites (tertiary alicyclic amines) is 2. The third-order valence-electron chi connectivity index (χ3n) is 14.7. The van der Waals surface area contributed by atoms with Crippen LogP contribution in [0.3, 0.4) is 0 Å². The third-order valence-corrected chi connectivity index (χ3v) is 14.7. The van der Waals surface area contributed by atoms with E-state index in [0.29, 0.717) is 102 Å². The second kappa shape index (κ2) is 27.6. The highest BCUT2D eigenvalue weighted by Crippen LogP contribution is 2.31. The van der Waals surface area contributed by atoms with Crippen LogP contribution in [0.25, 0.3) is 0 Å². The molecular formula is C58H72F2N4O12. The van der Waals surface area contributed by atoms with Gasteiger partial charge in [0.25, 0.3) is 11.8 Å². The van der Waals surface area contributed by atoms with Crippen molar-refractivity contribution in [2.75, 3.05) is 65.7 Å². The van der Waals surface area contributed by atoms with Gasteiger partial charge in [-0.1, -0.05) is 83.9 Å². The Bertz CT molecular complexity index is 2300. The molecule has 4 heterocycles. The number of benzene rings is 4. The summed E-state index contributed by atoms with van der Waals surface area (Å²) in [5, 5.41) is 23.0. The maximum absolute atomic E-state index is 15.1. The average Bonchev–Trinajstić information content (AvgIpc) is 3.45. The van der Waals surface area contributed by atoms with E-state index in [9.17, 15) is 28.6 Å². The predicted octanol–water partition coefficient (Wildman–Crippen LogP) is 6.46. The molecule has 4 fully saturated rings. The molecule has 0 aliphatic carbocycles. The molecule has 4 atom stereocenters. The van der Waals surface area contributed by atoms with Crippen molar-refractivity contribution in [1.82, 2.24) is 19.6 Å². The van der Waals surface area contributed by atoms with Crippen molar-refractivity contribution in [3.05, 3.63) is 142 Å². The van der Waals surface area contributed by atoms with Gasteiger partial charge in [-0.25, -0.2) is 18.4 Å². The van der Waals surface area contributed by atoms with Gasteiger partial charge in [-0.3, -0.25) is 9.59 Å². The zero-order chi connectivity index (χ0) is 53.6. The van der Waals surface area contributed by atoms with Crippen LogP contribution in [0.5, 0.6) is 0 Å². The average molecular weight is 1060 g/mol. The van der Waals surface area contributed by atoms with E-state index >= 15 is 9.59 Å². The van der Waals surface area contributed by atoms with Crippen molar-refractivity contribution in [2.45, 2.75) is 127 Å². The molecule has 2 N–H and O–H groups in total. The summed E-state index contributed by atoms with van der Waals surface area (Å²) in [6.45, 7) is 10.5. The van der Waals surface area contributed by atoms with Crippen molar-refractivity contribution < 1.29 is 66.6 Å². The maximum atomic E-state index is 15.1. The van der Waals surface area contributed by atoms with Gasteiger partial charge >= 0.3 is 11.9 Å². The summed E-state index contributed by atoms with van der Waals surface area (Å²) in [6.07, 6.45) is -3.57. The van der Waals surface area contributed by atoms with Crippen molar-refractivity contribution in [3.63, 3.8) is 0 Å². The van der Waals surface area contributed by atoms with Crippen molar-refractivity contribution >= 4 is 23.8 Å². The number of aryl methyl sites for hydroxylation is 2. The number of carbonyl (C=O) groups excluding carboxylic acids is 4. The molecule has 0 bridgehead atoms. The smallest absolute Gasteiger partial charge is 0.339 e. The first-order valence-corrected chi connectivity index (χ1v) is 26.7. The summed E-state index contributed by atoms with van der Waals surface area (Å²) in [4.78, 5) is 66.1. The van der Waals surface area contributed by atoms with Gasteiger partial charge in [0.2, 0.25) is 12.2 Å². The lowest BCUT2D eigenvalue weighted by molar-refractivity contribution is -0.185. The summed E-state index contributed by atoms with van der Waals surface area (Å²) >= 11 is 0. The summed E-state index contributed by atoms with van der Waals surface area (Å²) < 4.78 is 63.0. The highest BCUT2D eigenvalue weighted by Gasteiger charge is 2.42. The number of ether oxygens (including phenoxy) is 6. The Labute approximate surface area is 443 Å². The topological polar surface area (TPSA) is 177 Å². The number of halogens is 2. The number of esters is 2. The molecule has 4 saturated heterocycles. The highest BCUT2D eigenvalue weighted by molar-refractivity contribution is 5.91. The molecule has 76 heavy (non-hydrogen) atoms. The van der Waals surface area contributed by atoms with E-state index < -0.39 is 59.8 Å². The van der Waals surface area contributed by atoms with Crippen LogP contribution < -0.4 is 0 Å². The van der Waals surface area contributed by atoms with E-state index in [-0.39, 0.29) is 48.9 Å². The number of nitrogens with zero attached hydrogens (tertiary/aromatic N) is 4. The molecule has 0 spiro atoms. The Balaban J connectivity index is 0.987. The molecule has 4 aromatic rings. The minimum atomic E-state index is -2.56. The van der Waals surface area contributed by atoms with Gasteiger partial charge in [0, 0.05) is 88.4 Å². The van der Waals surface area contributed by atoms with Crippen LogP contribution >= 0.6 is 0 Å². The Morgan fingerprint density at radius 3 is 1.20 bits per heavy atom. The lowest BCUT2D eigenvalue weighted by Crippen LogP contribution is -2.50. The first-order valence-electron chi connectivity index (χ1n) is 26.7. The minimum Gasteiger partial charge on any atom is -0.445 e. The second-order valence-corrected chi connectivity index (χ2v) is 20.3. The number of aliphatic hydroxyl groups excluding tert-OH is 2. The van der Waals surface area contributed by atoms with E-state index in [4.69, 9.17) is 28.4 Å². The van der Waals surface area contributed by atoms with Crippen molar-refractivity contribution in [1.29, 1.82) is 0 Å². The second-order valence-electron chi connectivity index (χ2n) is 20.3. The molecular weight excluding hydrogens is 983 g/mol. The SMILES string of the molecule is Cc1ccc(C(OC(=O)C(O)C(O)C(=O)OC(C(=O)N(Cc2ccc(F)cc2)C2CCN(CCC3OCCCO3)CC2)c2ccc(C)cc2)C(=O)N(Cc2ccc(F)cc2)C2CCN(CCC3OCCCO3)CC2)cc1. The molecule has 18 heteroatoms. The van der Waals surface area contributed by atoms with Crippen LogP contribution in [-0.4, -0.2) is 156 Å². The molecule has 4 aromatic carbocycles. The van der Waals surface area contributed by atoms with Crippen LogP contribution in [0.4, 0.5) is 8.78 Å². The molecule has 410 valence electrons. The lowest BCUT2D eigenvalue weighted by Gasteiger charge is -2.40. The minimum absolute atomic E-state index is 0.0436. The van der Waals surface area contributed by atoms with Gasteiger partial charge < -0.3 is 58.2 Å². The maximum Gasteiger partial charge on any atom is 0.339 e. The molecule has 4 unspecified atom stereocenters. The van der Waals surface area contributed by atoms with Gasteiger partial charge in [0.05, 0.1) is 26.4 Å². The number of hydrogen-bond donors (Lipinski definition) is 2. The monoisotopic (exact) mass is 1050 g/mol. The first kappa shape index (κ1) is 56.5. The van der Waals surface area contributed by atoms with Crippen LogP contribution in [0, 0.1) is 25.5 Å². The molecule has 0 aromatic heterocycles. The Morgan fingerprint density at radius 2 is 0.868 bits per heavy atom. The molecule has 16 nitrogen and oxygen atoms in total. The van der Waals surface area contributed by atoms with Gasteiger partial charge in [-0.15, -0.1) is 0 Å². The number of hydrogen-bond acceptors (Lipinski definition) is 14. The van der Waals surface area contributed by atoms with E-state index in [1.54, 1.807) is 82.6 Å². The number of piperidine rings is 2. The van der Waals surface area contributed by atoms with Crippen LogP contribution in [0.2, 0.25) is 0 Å². The van der Waals surface area contributed by atoms with Gasteiger partial charge in [-0.05, 0) is 87.8 Å². The summed E-state index contributed by atoms with van der Waals surface area (Å²) in [7, 11) is 0. The fourth-order valence-corrected chi connectivity index (χ4v) is 10.2. The molecule has 0 radical (unpaired) electrons. The van der Waals surface area contributed by atoms with E-state index in [0.717, 1.165) is 37.1 Å². The van der Waals surface area contributed by atoms with Crippen molar-refractivity contribution in [2.24, 2.45) is 0 Å². The predicted molar refractivity (Wildman–Crippen MR) is 275 cm³/mol. The van der Waals surface area contributed by atoms with E-state index in [1.807, 2.05) is 13.8 Å². The molecule has 4 aliphatic heterocycles. The fourth-order valence-electron chi connectivity index (χ4n) is 10.2. The summed E-state index contributed by atoms with van der Waals surface area (Å²) in [5.41, 5.74) is 3.51. The lowest BCUT2D eigenvalue weighted by atomic mass is 9.99. The zero-order valence-electron chi connectivity index (χ0n) is 43.5. The van der Waals surface area contributed by atoms with Crippen molar-refractivity contribution in [3.8, 4) is 0 Å². The van der Waals surface area contributed by atoms with Gasteiger partial charge in [0.15, 0.2) is 24.8 Å². The summed E-state index contributed by atoms with van der Waals surface area (Å²) in [6, 6.07) is 24.3. The van der Waals surface area contributed by atoms with E-state index in [1.165, 1.54) is 24.3 Å². The molecule has 4 aliphatic rings. The standard InChI is InChI=1S/C58H72F2N4O12/c1-39-5-13-43(14-6-39)53(55(67)63(37-41-9-17-45(59)18-10-41)47-21-27-61(28-22-47)31-25-49-71-33-3-34-72-49)75-57(69)51(65)52(66)58(70)76-54(44-15-7-40(2)8-16-44)56(68)64(38-42-11-19-46(60)20-12-42)48-23-29-62(30-24-48)32-26-50-73-35-4-36-74-50/h5-20,47-54,65-66H,3-4,21-38H2,1-2H3. The number of aliphatic hydroxyl groups is 2. The Kier molecular flexibility index (Phi) is 20.5. The third kappa shape index (κ3) is 15.7. The number of amides is 2. The highest BCUT2D eigenvalue weighted by atomic mass is 19.1. The number of rotatable bonds is 21. The van der Waals surface area contributed by atoms with Gasteiger partial charge in [-0.2, -0.15) is 0 Å². The Hall–Kier alpha value is -5.70. The largest absolute Gasteiger partial charge is 0.445 e. The molecule has 2 amide bonds. The normalized spacial score (nSPS) is 19.3. The quantitative estimate of drug-likeness (QED) is 0.0869. The molecule has 8 rings (SSSR count). The fraction of sp³-hybridized carbons (Fsp3) is 0.517. The Morgan fingerprint density at radius 1 is 0.539 bits per heavy atom. The van der Waals surface area contributed by atoms with E-state index in [2.05, 4.69) is 9.80 Å². The van der Waals surface area contributed by atoms with Crippen LogP contribution in [0.15, 0.2) is 97.1 Å². The van der Waals surface area contributed by atoms with Gasteiger partial charge in [0.1, 0.15) is 11.6 Å². The van der Waals surface area contributed by atoms with Crippen LogP contribution in [0.1, 0.15) is 97.0 Å². The number of carbonyl (C=O) groups is 4. The summed E-state index contributed by atoms with van der Waals surface area (Å²) in [5.74, 6) is -5.12. The zero-order valence-corrected chi connectivity index (χ0v) is 43.5. The first-order chi connectivity index (χ1) is 36.8. The van der Waals surface area contributed by atoms with Crippen LogP contribution in [-0.2, 0) is 60.7 Å².